The minimum Gasteiger partial charge on any atom is -0.496 e. The van der Waals surface area contributed by atoms with Crippen LogP contribution in [0.3, 0.4) is 0 Å². The summed E-state index contributed by atoms with van der Waals surface area (Å²) in [5, 5.41) is 12.3. The molecule has 0 fully saturated rings. The fourth-order valence-corrected chi connectivity index (χ4v) is 1.56. The number of carbonyl (C=O) groups is 1. The minimum atomic E-state index is -0.685. The highest BCUT2D eigenvalue weighted by Gasteiger charge is 2.17. The lowest BCUT2D eigenvalue weighted by molar-refractivity contribution is 0.0636. The Morgan fingerprint density at radius 3 is 2.47 bits per heavy atom. The van der Waals surface area contributed by atoms with Gasteiger partial charge in [0, 0.05) is 11.3 Å². The van der Waals surface area contributed by atoms with Gasteiger partial charge < -0.3 is 14.6 Å². The number of hydrogen-bond donors (Lipinski definition) is 2. The van der Waals surface area contributed by atoms with E-state index in [9.17, 15) is 9.90 Å². The van der Waals surface area contributed by atoms with Gasteiger partial charge in [-0.25, -0.2) is 4.79 Å². The summed E-state index contributed by atoms with van der Waals surface area (Å²) >= 11 is 0. The molecule has 0 radical (unpaired) electrons. The molecule has 0 aromatic heterocycles. The van der Waals surface area contributed by atoms with Crippen molar-refractivity contribution < 1.29 is 19.4 Å². The molecular formula is C14H21NO4. The number of nitrogens with one attached hydrogen (secondary N) is 1. The smallest absolute Gasteiger partial charge is 0.412 e. The molecule has 1 atom stereocenters. The number of hydrogen-bond acceptors (Lipinski definition) is 4. The van der Waals surface area contributed by atoms with Crippen molar-refractivity contribution in [3.05, 3.63) is 23.8 Å². The van der Waals surface area contributed by atoms with Crippen molar-refractivity contribution in [3.8, 4) is 5.75 Å². The molecule has 0 aliphatic carbocycles. The molecule has 0 aliphatic heterocycles. The molecule has 0 saturated heterocycles. The van der Waals surface area contributed by atoms with Crippen molar-refractivity contribution in [1.82, 2.24) is 0 Å². The highest BCUT2D eigenvalue weighted by molar-refractivity contribution is 5.85. The molecule has 0 spiro atoms. The number of carbonyl (C=O) groups excluding carboxylic acids is 1. The highest BCUT2D eigenvalue weighted by Crippen LogP contribution is 2.28. The van der Waals surface area contributed by atoms with Crippen LogP contribution in [0.25, 0.3) is 0 Å². The van der Waals surface area contributed by atoms with E-state index in [1.165, 1.54) is 7.11 Å². The van der Waals surface area contributed by atoms with Gasteiger partial charge in [0.1, 0.15) is 11.4 Å². The Balaban J connectivity index is 2.85. The highest BCUT2D eigenvalue weighted by atomic mass is 16.6. The number of benzene rings is 1. The van der Waals surface area contributed by atoms with Crippen LogP contribution >= 0.6 is 0 Å². The second kappa shape index (κ2) is 5.93. The Kier molecular flexibility index (Phi) is 4.78. The fraction of sp³-hybridized carbons (Fsp3) is 0.500. The number of methoxy groups -OCH3 is 1. The normalized spacial score (nSPS) is 12.7. The van der Waals surface area contributed by atoms with Crippen molar-refractivity contribution in [2.75, 3.05) is 12.4 Å². The van der Waals surface area contributed by atoms with Crippen LogP contribution < -0.4 is 10.1 Å². The zero-order chi connectivity index (χ0) is 14.6. The maximum atomic E-state index is 11.6. The second-order valence-electron chi connectivity index (χ2n) is 5.26. The van der Waals surface area contributed by atoms with E-state index in [4.69, 9.17) is 9.47 Å². The Hall–Kier alpha value is -1.75. The lowest BCUT2D eigenvalue weighted by atomic mass is 10.1. The molecule has 1 aromatic rings. The van der Waals surface area contributed by atoms with E-state index in [1.54, 1.807) is 45.9 Å². The monoisotopic (exact) mass is 267 g/mol. The van der Waals surface area contributed by atoms with Gasteiger partial charge in [0.05, 0.1) is 13.2 Å². The third-order valence-electron chi connectivity index (χ3n) is 2.33. The number of amides is 1. The number of rotatable bonds is 3. The van der Waals surface area contributed by atoms with Crippen molar-refractivity contribution in [1.29, 1.82) is 0 Å². The number of anilines is 1. The standard InChI is InChI=1S/C14H21NO4/c1-9(16)11-8-10(6-7-12(11)18-5)15-13(17)19-14(2,3)4/h6-9,16H,1-5H3,(H,15,17)/t9-/m1/s1. The quantitative estimate of drug-likeness (QED) is 0.883. The Morgan fingerprint density at radius 1 is 1.37 bits per heavy atom. The second-order valence-corrected chi connectivity index (χ2v) is 5.26. The van der Waals surface area contributed by atoms with E-state index >= 15 is 0 Å². The molecule has 1 amide bonds. The average Bonchev–Trinajstić information content (AvgIpc) is 2.26. The maximum Gasteiger partial charge on any atom is 0.412 e. The van der Waals surface area contributed by atoms with Crippen molar-refractivity contribution in [2.45, 2.75) is 39.4 Å². The van der Waals surface area contributed by atoms with E-state index in [1.807, 2.05) is 0 Å². The van der Waals surface area contributed by atoms with Crippen molar-refractivity contribution in [2.24, 2.45) is 0 Å². The lowest BCUT2D eigenvalue weighted by Gasteiger charge is -2.20. The van der Waals surface area contributed by atoms with Gasteiger partial charge in [0.15, 0.2) is 0 Å². The lowest BCUT2D eigenvalue weighted by Crippen LogP contribution is -2.27. The van der Waals surface area contributed by atoms with Gasteiger partial charge in [-0.1, -0.05) is 0 Å². The van der Waals surface area contributed by atoms with Crippen molar-refractivity contribution >= 4 is 11.8 Å². The van der Waals surface area contributed by atoms with Crippen LogP contribution in [0.2, 0.25) is 0 Å². The van der Waals surface area contributed by atoms with Crippen LogP contribution in [0.4, 0.5) is 10.5 Å². The van der Waals surface area contributed by atoms with Crippen LogP contribution in [-0.2, 0) is 4.74 Å². The molecular weight excluding hydrogens is 246 g/mol. The van der Waals surface area contributed by atoms with Gasteiger partial charge in [0.2, 0.25) is 0 Å². The molecule has 1 rings (SSSR count). The van der Waals surface area contributed by atoms with E-state index in [0.717, 1.165) is 0 Å². The van der Waals surface area contributed by atoms with Crippen LogP contribution in [0.1, 0.15) is 39.4 Å². The zero-order valence-electron chi connectivity index (χ0n) is 12.0. The first kappa shape index (κ1) is 15.3. The van der Waals surface area contributed by atoms with Crippen molar-refractivity contribution in [3.63, 3.8) is 0 Å². The predicted octanol–water partition coefficient (Wildman–Crippen LogP) is 3.10. The molecule has 0 saturated carbocycles. The minimum absolute atomic E-state index is 0.533. The van der Waals surface area contributed by atoms with Gasteiger partial charge in [-0.3, -0.25) is 5.32 Å². The Morgan fingerprint density at radius 2 is 2.00 bits per heavy atom. The zero-order valence-corrected chi connectivity index (χ0v) is 12.0. The maximum absolute atomic E-state index is 11.6. The third kappa shape index (κ3) is 4.79. The Bertz CT molecular complexity index is 449. The predicted molar refractivity (Wildman–Crippen MR) is 73.5 cm³/mol. The third-order valence-corrected chi connectivity index (χ3v) is 2.33. The summed E-state index contributed by atoms with van der Waals surface area (Å²) in [6.45, 7) is 7.01. The molecule has 1 aromatic carbocycles. The molecule has 5 nitrogen and oxygen atoms in total. The molecule has 106 valence electrons. The number of aliphatic hydroxyl groups is 1. The van der Waals surface area contributed by atoms with Gasteiger partial charge in [-0.05, 0) is 45.9 Å². The van der Waals surface area contributed by atoms with Gasteiger partial charge in [-0.15, -0.1) is 0 Å². The summed E-state index contributed by atoms with van der Waals surface area (Å²) in [5.41, 5.74) is 0.603. The molecule has 0 unspecified atom stereocenters. The van der Waals surface area contributed by atoms with Gasteiger partial charge in [0.25, 0.3) is 0 Å². The topological polar surface area (TPSA) is 67.8 Å². The first-order chi connectivity index (χ1) is 8.73. The molecule has 19 heavy (non-hydrogen) atoms. The molecule has 0 heterocycles. The van der Waals surface area contributed by atoms with Crippen LogP contribution in [0.5, 0.6) is 5.75 Å². The summed E-state index contributed by atoms with van der Waals surface area (Å²) in [4.78, 5) is 11.6. The summed E-state index contributed by atoms with van der Waals surface area (Å²) in [5.74, 6) is 0.574. The summed E-state index contributed by atoms with van der Waals surface area (Å²) < 4.78 is 10.3. The first-order valence-electron chi connectivity index (χ1n) is 6.09. The number of aliphatic hydroxyl groups excluding tert-OH is 1. The van der Waals surface area contributed by atoms with Crippen LogP contribution in [-0.4, -0.2) is 23.9 Å². The summed E-state index contributed by atoms with van der Waals surface area (Å²) in [7, 11) is 1.53. The van der Waals surface area contributed by atoms with E-state index in [2.05, 4.69) is 5.32 Å². The Labute approximate surface area is 113 Å². The van der Waals surface area contributed by atoms with Crippen LogP contribution in [0, 0.1) is 0 Å². The average molecular weight is 267 g/mol. The molecule has 5 heteroatoms. The van der Waals surface area contributed by atoms with E-state index < -0.39 is 17.8 Å². The summed E-state index contributed by atoms with van der Waals surface area (Å²) in [6.07, 6.45) is -1.22. The molecule has 0 aliphatic rings. The van der Waals surface area contributed by atoms with E-state index in [0.29, 0.717) is 17.0 Å². The first-order valence-corrected chi connectivity index (χ1v) is 6.09. The van der Waals surface area contributed by atoms with E-state index in [-0.39, 0.29) is 0 Å². The van der Waals surface area contributed by atoms with Gasteiger partial charge in [-0.2, -0.15) is 0 Å². The SMILES string of the molecule is COc1ccc(NC(=O)OC(C)(C)C)cc1[C@@H](C)O. The summed E-state index contributed by atoms with van der Waals surface area (Å²) in [6, 6.07) is 5.04. The van der Waals surface area contributed by atoms with Crippen LogP contribution in [0.15, 0.2) is 18.2 Å². The fourth-order valence-electron chi connectivity index (χ4n) is 1.56. The molecule has 2 N–H and O–H groups in total. The molecule has 0 bridgehead atoms. The largest absolute Gasteiger partial charge is 0.496 e. The number of ether oxygens (including phenoxy) is 2. The van der Waals surface area contributed by atoms with Gasteiger partial charge >= 0.3 is 6.09 Å².